The predicted molar refractivity (Wildman–Crippen MR) is 64.7 cm³/mol. The molecule has 0 saturated carbocycles. The largest absolute Gasteiger partial charge is 0.486 e. The van der Waals surface area contributed by atoms with Gasteiger partial charge in [-0.3, -0.25) is 4.79 Å². The normalized spacial score (nSPS) is 18.4. The van der Waals surface area contributed by atoms with Gasteiger partial charge in [-0.15, -0.1) is 0 Å². The topological polar surface area (TPSA) is 92.7 Å². The number of benzene rings is 1. The Morgan fingerprint density at radius 3 is 2.89 bits per heavy atom. The van der Waals surface area contributed by atoms with Crippen LogP contribution in [0.15, 0.2) is 23.1 Å². The summed E-state index contributed by atoms with van der Waals surface area (Å²) < 4.78 is 28.2. The fourth-order valence-electron chi connectivity index (χ4n) is 1.73. The minimum Gasteiger partial charge on any atom is -0.486 e. The maximum Gasteiger partial charge on any atom is 0.307 e. The summed E-state index contributed by atoms with van der Waals surface area (Å²) in [7, 11) is -3.26. The molecule has 2 rings (SSSR count). The lowest BCUT2D eigenvalue weighted by Gasteiger charge is -2.26. The standard InChI is InChI=1S/C11H13NO5S/c1-18(15,16)8-2-3-10-9(5-8)12-6-7(17-10)4-11(13)14/h2-3,5,7,12H,4,6H2,1H3,(H,13,14). The highest BCUT2D eigenvalue weighted by atomic mass is 32.2. The van der Waals surface area contributed by atoms with Gasteiger partial charge in [-0.1, -0.05) is 0 Å². The third-order valence-corrected chi connectivity index (χ3v) is 3.71. The third-order valence-electron chi connectivity index (χ3n) is 2.60. The third kappa shape index (κ3) is 2.73. The lowest BCUT2D eigenvalue weighted by atomic mass is 10.2. The minimum absolute atomic E-state index is 0.0970. The van der Waals surface area contributed by atoms with E-state index < -0.39 is 21.9 Å². The molecule has 1 atom stereocenters. The number of carbonyl (C=O) groups is 1. The Morgan fingerprint density at radius 2 is 2.28 bits per heavy atom. The molecular formula is C11H13NO5S. The molecule has 1 aliphatic rings. The van der Waals surface area contributed by atoms with Crippen molar-refractivity contribution in [2.45, 2.75) is 17.4 Å². The summed E-state index contributed by atoms with van der Waals surface area (Å²) in [5.74, 6) is -0.460. The van der Waals surface area contributed by atoms with Gasteiger partial charge in [0.2, 0.25) is 0 Å². The number of ether oxygens (including phenoxy) is 1. The molecule has 1 aromatic carbocycles. The zero-order valence-corrected chi connectivity index (χ0v) is 10.5. The Balaban J connectivity index is 2.23. The van der Waals surface area contributed by atoms with E-state index in [-0.39, 0.29) is 11.3 Å². The van der Waals surface area contributed by atoms with Crippen LogP contribution in [0.3, 0.4) is 0 Å². The van der Waals surface area contributed by atoms with Crippen molar-refractivity contribution in [3.63, 3.8) is 0 Å². The molecule has 1 aromatic rings. The highest BCUT2D eigenvalue weighted by Gasteiger charge is 2.22. The van der Waals surface area contributed by atoms with E-state index in [0.29, 0.717) is 18.0 Å². The molecular weight excluding hydrogens is 258 g/mol. The van der Waals surface area contributed by atoms with Crippen LogP contribution in [0, 0.1) is 0 Å². The smallest absolute Gasteiger partial charge is 0.307 e. The molecule has 18 heavy (non-hydrogen) atoms. The van der Waals surface area contributed by atoms with E-state index in [4.69, 9.17) is 9.84 Å². The Morgan fingerprint density at radius 1 is 1.56 bits per heavy atom. The zero-order chi connectivity index (χ0) is 13.3. The SMILES string of the molecule is CS(=O)(=O)c1ccc2c(c1)NCC(CC(=O)O)O2. The number of sulfone groups is 1. The summed E-state index contributed by atoms with van der Waals surface area (Å²) in [6, 6.07) is 4.47. The number of hydrogen-bond acceptors (Lipinski definition) is 5. The molecule has 7 heteroatoms. The molecule has 0 spiro atoms. The number of hydrogen-bond donors (Lipinski definition) is 2. The maximum absolute atomic E-state index is 11.4. The van der Waals surface area contributed by atoms with Crippen LogP contribution in [0.25, 0.3) is 0 Å². The Hall–Kier alpha value is -1.76. The molecule has 2 N–H and O–H groups in total. The van der Waals surface area contributed by atoms with Crippen molar-refractivity contribution < 1.29 is 23.1 Å². The fourth-order valence-corrected chi connectivity index (χ4v) is 2.38. The molecule has 1 heterocycles. The number of nitrogens with one attached hydrogen (secondary N) is 1. The van der Waals surface area contributed by atoms with Crippen molar-refractivity contribution in [2.75, 3.05) is 18.1 Å². The van der Waals surface area contributed by atoms with E-state index >= 15 is 0 Å². The van der Waals surface area contributed by atoms with E-state index in [9.17, 15) is 13.2 Å². The van der Waals surface area contributed by atoms with Gasteiger partial charge in [-0.25, -0.2) is 8.42 Å². The Bertz CT molecular complexity index is 581. The highest BCUT2D eigenvalue weighted by Crippen LogP contribution is 2.31. The van der Waals surface area contributed by atoms with Crippen molar-refractivity contribution >= 4 is 21.5 Å². The first kappa shape index (κ1) is 12.7. The van der Waals surface area contributed by atoms with Gasteiger partial charge in [-0.05, 0) is 18.2 Å². The Kier molecular flexibility index (Phi) is 3.16. The quantitative estimate of drug-likeness (QED) is 0.842. The molecule has 0 saturated heterocycles. The van der Waals surface area contributed by atoms with Crippen LogP contribution in [0.5, 0.6) is 5.75 Å². The summed E-state index contributed by atoms with van der Waals surface area (Å²) in [4.78, 5) is 10.8. The van der Waals surface area contributed by atoms with Crippen molar-refractivity contribution in [1.29, 1.82) is 0 Å². The molecule has 98 valence electrons. The van der Waals surface area contributed by atoms with Gasteiger partial charge in [0.25, 0.3) is 0 Å². The van der Waals surface area contributed by atoms with E-state index in [1.54, 1.807) is 0 Å². The second kappa shape index (κ2) is 4.49. The van der Waals surface area contributed by atoms with Crippen molar-refractivity contribution in [3.8, 4) is 5.75 Å². The highest BCUT2D eigenvalue weighted by molar-refractivity contribution is 7.90. The van der Waals surface area contributed by atoms with Crippen molar-refractivity contribution in [3.05, 3.63) is 18.2 Å². The summed E-state index contributed by atoms with van der Waals surface area (Å²) in [5.41, 5.74) is 0.569. The van der Waals surface area contributed by atoms with Crippen LogP contribution < -0.4 is 10.1 Å². The van der Waals surface area contributed by atoms with Gasteiger partial charge in [0.05, 0.1) is 23.5 Å². The summed E-state index contributed by atoms with van der Waals surface area (Å²) in [6.45, 7) is 0.340. The number of anilines is 1. The molecule has 0 amide bonds. The second-order valence-corrected chi connectivity index (χ2v) is 6.16. The number of aliphatic carboxylic acids is 1. The van der Waals surface area contributed by atoms with Crippen molar-refractivity contribution in [1.82, 2.24) is 0 Å². The van der Waals surface area contributed by atoms with E-state index in [2.05, 4.69) is 5.32 Å². The summed E-state index contributed by atoms with van der Waals surface area (Å²) in [5, 5.41) is 11.7. The van der Waals surface area contributed by atoms with Crippen LogP contribution in [0.1, 0.15) is 6.42 Å². The van der Waals surface area contributed by atoms with E-state index in [0.717, 1.165) is 6.26 Å². The lowest BCUT2D eigenvalue weighted by molar-refractivity contribution is -0.138. The molecule has 0 aliphatic carbocycles. The summed E-state index contributed by atoms with van der Waals surface area (Å²) >= 11 is 0. The number of rotatable bonds is 3. The fraction of sp³-hybridized carbons (Fsp3) is 0.364. The molecule has 0 radical (unpaired) electrons. The van der Waals surface area contributed by atoms with Crippen LogP contribution in [-0.4, -0.2) is 38.4 Å². The molecule has 0 aromatic heterocycles. The molecule has 0 fully saturated rings. The molecule has 0 bridgehead atoms. The van der Waals surface area contributed by atoms with Gasteiger partial charge in [0, 0.05) is 6.26 Å². The first-order valence-electron chi connectivity index (χ1n) is 5.32. The van der Waals surface area contributed by atoms with Crippen molar-refractivity contribution in [2.24, 2.45) is 0 Å². The monoisotopic (exact) mass is 271 g/mol. The molecule has 1 unspecified atom stereocenters. The first-order chi connectivity index (χ1) is 8.36. The lowest BCUT2D eigenvalue weighted by Crippen LogP contribution is -2.32. The Labute approximate surface area is 104 Å². The van der Waals surface area contributed by atoms with E-state index in [1.807, 2.05) is 0 Å². The van der Waals surface area contributed by atoms with Gasteiger partial charge >= 0.3 is 5.97 Å². The van der Waals surface area contributed by atoms with Crippen LogP contribution >= 0.6 is 0 Å². The first-order valence-corrected chi connectivity index (χ1v) is 7.22. The van der Waals surface area contributed by atoms with Crippen LogP contribution in [-0.2, 0) is 14.6 Å². The van der Waals surface area contributed by atoms with E-state index in [1.165, 1.54) is 18.2 Å². The average molecular weight is 271 g/mol. The second-order valence-electron chi connectivity index (χ2n) is 4.15. The van der Waals surface area contributed by atoms with Gasteiger partial charge in [0.15, 0.2) is 9.84 Å². The summed E-state index contributed by atoms with van der Waals surface area (Å²) in [6.07, 6.45) is 0.588. The number of fused-ring (bicyclic) bond motifs is 1. The van der Waals surface area contributed by atoms with Crippen LogP contribution in [0.2, 0.25) is 0 Å². The predicted octanol–water partition coefficient (Wildman–Crippen LogP) is 0.738. The van der Waals surface area contributed by atoms with Gasteiger partial charge < -0.3 is 15.2 Å². The maximum atomic E-state index is 11.4. The molecule has 1 aliphatic heterocycles. The number of carboxylic acid groups (broad SMARTS) is 1. The number of carboxylic acids is 1. The average Bonchev–Trinajstić information content (AvgIpc) is 2.26. The van der Waals surface area contributed by atoms with Crippen LogP contribution in [0.4, 0.5) is 5.69 Å². The zero-order valence-electron chi connectivity index (χ0n) is 9.71. The van der Waals surface area contributed by atoms with Gasteiger partial charge in [-0.2, -0.15) is 0 Å². The minimum atomic E-state index is -3.26. The van der Waals surface area contributed by atoms with Gasteiger partial charge in [0.1, 0.15) is 11.9 Å². The molecule has 6 nitrogen and oxygen atoms in total.